The van der Waals surface area contributed by atoms with Crippen LogP contribution in [0.25, 0.3) is 0 Å². The Bertz CT molecular complexity index is 649. The van der Waals surface area contributed by atoms with Crippen LogP contribution in [0.1, 0.15) is 28.9 Å². The summed E-state index contributed by atoms with van der Waals surface area (Å²) in [5.41, 5.74) is 1.35. The molecule has 1 aromatic carbocycles. The zero-order valence-corrected chi connectivity index (χ0v) is 13.6. The molecule has 23 heavy (non-hydrogen) atoms. The average Bonchev–Trinajstić information content (AvgIpc) is 2.60. The first kappa shape index (κ1) is 16.6. The van der Waals surface area contributed by atoms with E-state index in [2.05, 4.69) is 10.3 Å². The van der Waals surface area contributed by atoms with E-state index in [9.17, 15) is 4.79 Å². The standard InChI is InChI=1S/C17H20N2O4/c1-11(12-6-5-7-18-10-12)19-17(20)13-8-14(21-2)16(23-4)15(9-13)22-3/h5-11H,1-4H3,(H,19,20)/t11-/m1/s1. The SMILES string of the molecule is COc1cc(C(=O)N[C@H](C)c2cccnc2)cc(OC)c1OC. The van der Waals surface area contributed by atoms with Gasteiger partial charge < -0.3 is 19.5 Å². The summed E-state index contributed by atoms with van der Waals surface area (Å²) in [7, 11) is 4.54. The molecule has 1 atom stereocenters. The summed E-state index contributed by atoms with van der Waals surface area (Å²) >= 11 is 0. The molecule has 0 saturated heterocycles. The maximum absolute atomic E-state index is 12.5. The molecular formula is C17H20N2O4. The van der Waals surface area contributed by atoms with Gasteiger partial charge >= 0.3 is 0 Å². The van der Waals surface area contributed by atoms with Crippen molar-refractivity contribution in [2.75, 3.05) is 21.3 Å². The van der Waals surface area contributed by atoms with Gasteiger partial charge in [-0.25, -0.2) is 0 Å². The van der Waals surface area contributed by atoms with Crippen molar-refractivity contribution in [3.05, 3.63) is 47.8 Å². The third-order valence-electron chi connectivity index (χ3n) is 3.46. The van der Waals surface area contributed by atoms with Crippen molar-refractivity contribution in [3.63, 3.8) is 0 Å². The predicted molar refractivity (Wildman–Crippen MR) is 86.2 cm³/mol. The molecule has 0 saturated carbocycles. The summed E-state index contributed by atoms with van der Waals surface area (Å²) in [6, 6.07) is 6.81. The van der Waals surface area contributed by atoms with Gasteiger partial charge in [-0.05, 0) is 30.7 Å². The van der Waals surface area contributed by atoms with Gasteiger partial charge in [-0.15, -0.1) is 0 Å². The second-order valence-corrected chi connectivity index (χ2v) is 4.90. The molecule has 1 amide bonds. The van der Waals surface area contributed by atoms with Crippen molar-refractivity contribution in [1.29, 1.82) is 0 Å². The van der Waals surface area contributed by atoms with Crippen LogP contribution in [0.4, 0.5) is 0 Å². The van der Waals surface area contributed by atoms with E-state index < -0.39 is 0 Å². The van der Waals surface area contributed by atoms with Gasteiger partial charge in [0.1, 0.15) is 0 Å². The molecule has 1 heterocycles. The largest absolute Gasteiger partial charge is 0.493 e. The van der Waals surface area contributed by atoms with Crippen LogP contribution < -0.4 is 19.5 Å². The molecule has 1 aromatic heterocycles. The third kappa shape index (κ3) is 3.71. The third-order valence-corrected chi connectivity index (χ3v) is 3.46. The number of benzene rings is 1. The topological polar surface area (TPSA) is 69.7 Å². The molecule has 0 bridgehead atoms. The van der Waals surface area contributed by atoms with E-state index in [-0.39, 0.29) is 11.9 Å². The molecule has 6 nitrogen and oxygen atoms in total. The van der Waals surface area contributed by atoms with Gasteiger partial charge in [-0.1, -0.05) is 6.07 Å². The minimum Gasteiger partial charge on any atom is -0.493 e. The summed E-state index contributed by atoms with van der Waals surface area (Å²) in [5, 5.41) is 2.92. The van der Waals surface area contributed by atoms with Crippen LogP contribution in [0.5, 0.6) is 17.2 Å². The Labute approximate surface area is 135 Å². The number of nitrogens with one attached hydrogen (secondary N) is 1. The maximum atomic E-state index is 12.5. The number of rotatable bonds is 6. The first-order valence-corrected chi connectivity index (χ1v) is 7.11. The van der Waals surface area contributed by atoms with E-state index in [1.165, 1.54) is 21.3 Å². The molecule has 0 aliphatic rings. The van der Waals surface area contributed by atoms with Crippen LogP contribution in [-0.4, -0.2) is 32.2 Å². The lowest BCUT2D eigenvalue weighted by molar-refractivity contribution is 0.0939. The molecule has 0 fully saturated rings. The minimum absolute atomic E-state index is 0.171. The Morgan fingerprint density at radius 2 is 1.78 bits per heavy atom. The number of ether oxygens (including phenoxy) is 3. The highest BCUT2D eigenvalue weighted by Crippen LogP contribution is 2.38. The van der Waals surface area contributed by atoms with Crippen LogP contribution in [0.3, 0.4) is 0 Å². The normalized spacial score (nSPS) is 11.5. The Morgan fingerprint density at radius 3 is 2.26 bits per heavy atom. The highest BCUT2D eigenvalue weighted by molar-refractivity contribution is 5.95. The summed E-state index contributed by atoms with van der Waals surface area (Å²) < 4.78 is 15.8. The Morgan fingerprint density at radius 1 is 1.13 bits per heavy atom. The van der Waals surface area contributed by atoms with Crippen LogP contribution in [0.2, 0.25) is 0 Å². The number of methoxy groups -OCH3 is 3. The van der Waals surface area contributed by atoms with Gasteiger partial charge in [0.15, 0.2) is 11.5 Å². The van der Waals surface area contributed by atoms with Crippen molar-refractivity contribution in [1.82, 2.24) is 10.3 Å². The smallest absolute Gasteiger partial charge is 0.252 e. The Hall–Kier alpha value is -2.76. The fraction of sp³-hybridized carbons (Fsp3) is 0.294. The summed E-state index contributed by atoms with van der Waals surface area (Å²) in [6.07, 6.45) is 3.41. The zero-order chi connectivity index (χ0) is 16.8. The number of nitrogens with zero attached hydrogens (tertiary/aromatic N) is 1. The highest BCUT2D eigenvalue weighted by Gasteiger charge is 2.18. The second kappa shape index (κ2) is 7.49. The number of carbonyl (C=O) groups excluding carboxylic acids is 1. The molecule has 0 aliphatic carbocycles. The predicted octanol–water partition coefficient (Wildman–Crippen LogP) is 2.60. The number of hydrogen-bond acceptors (Lipinski definition) is 5. The van der Waals surface area contributed by atoms with Crippen LogP contribution in [0, 0.1) is 0 Å². The van der Waals surface area contributed by atoms with Crippen LogP contribution in [0.15, 0.2) is 36.7 Å². The first-order chi connectivity index (χ1) is 11.1. The number of amides is 1. The lowest BCUT2D eigenvalue weighted by Gasteiger charge is -2.16. The summed E-state index contributed by atoms with van der Waals surface area (Å²) in [4.78, 5) is 16.5. The molecule has 2 rings (SSSR count). The molecule has 0 unspecified atom stereocenters. The van der Waals surface area contributed by atoms with Crippen molar-refractivity contribution < 1.29 is 19.0 Å². The van der Waals surface area contributed by atoms with Crippen molar-refractivity contribution >= 4 is 5.91 Å². The number of hydrogen-bond donors (Lipinski definition) is 1. The molecule has 0 radical (unpaired) electrons. The zero-order valence-electron chi connectivity index (χ0n) is 13.6. The molecule has 0 spiro atoms. The van der Waals surface area contributed by atoms with Crippen LogP contribution >= 0.6 is 0 Å². The van der Waals surface area contributed by atoms with Crippen molar-refractivity contribution in [2.24, 2.45) is 0 Å². The molecule has 122 valence electrons. The highest BCUT2D eigenvalue weighted by atomic mass is 16.5. The lowest BCUT2D eigenvalue weighted by atomic mass is 10.1. The number of aromatic nitrogens is 1. The monoisotopic (exact) mass is 316 g/mol. The second-order valence-electron chi connectivity index (χ2n) is 4.90. The van der Waals surface area contributed by atoms with Gasteiger partial charge in [-0.2, -0.15) is 0 Å². The van der Waals surface area contributed by atoms with Gasteiger partial charge in [0.05, 0.1) is 27.4 Å². The fourth-order valence-corrected chi connectivity index (χ4v) is 2.21. The molecular weight excluding hydrogens is 296 g/mol. The van der Waals surface area contributed by atoms with E-state index in [0.29, 0.717) is 22.8 Å². The van der Waals surface area contributed by atoms with Gasteiger partial charge in [0.25, 0.3) is 5.91 Å². The number of carbonyl (C=O) groups is 1. The molecule has 0 aliphatic heterocycles. The molecule has 1 N–H and O–H groups in total. The summed E-state index contributed by atoms with van der Waals surface area (Å²) in [5.74, 6) is 1.09. The van der Waals surface area contributed by atoms with E-state index >= 15 is 0 Å². The van der Waals surface area contributed by atoms with Gasteiger partial charge in [0, 0.05) is 18.0 Å². The van der Waals surface area contributed by atoms with Gasteiger partial charge in [0.2, 0.25) is 5.75 Å². The Kier molecular flexibility index (Phi) is 5.41. The number of pyridine rings is 1. The minimum atomic E-state index is -0.236. The lowest BCUT2D eigenvalue weighted by Crippen LogP contribution is -2.26. The fourth-order valence-electron chi connectivity index (χ4n) is 2.21. The molecule has 2 aromatic rings. The van der Waals surface area contributed by atoms with E-state index in [0.717, 1.165) is 5.56 Å². The Balaban J connectivity index is 2.25. The van der Waals surface area contributed by atoms with Gasteiger partial charge in [-0.3, -0.25) is 9.78 Å². The average molecular weight is 316 g/mol. The first-order valence-electron chi connectivity index (χ1n) is 7.11. The quantitative estimate of drug-likeness (QED) is 0.887. The summed E-state index contributed by atoms with van der Waals surface area (Å²) in [6.45, 7) is 1.90. The van der Waals surface area contributed by atoms with Crippen molar-refractivity contribution in [2.45, 2.75) is 13.0 Å². The van der Waals surface area contributed by atoms with E-state index in [1.807, 2.05) is 19.1 Å². The van der Waals surface area contributed by atoms with E-state index in [1.54, 1.807) is 24.5 Å². The van der Waals surface area contributed by atoms with E-state index in [4.69, 9.17) is 14.2 Å². The van der Waals surface area contributed by atoms with Crippen LogP contribution in [-0.2, 0) is 0 Å². The van der Waals surface area contributed by atoms with Crippen molar-refractivity contribution in [3.8, 4) is 17.2 Å². The molecule has 6 heteroatoms. The maximum Gasteiger partial charge on any atom is 0.252 e.